The third-order valence-electron chi connectivity index (χ3n) is 5.05. The fraction of sp³-hybridized carbons (Fsp3) is 0.115. The number of anilines is 1. The van der Waals surface area contributed by atoms with Crippen LogP contribution in [-0.4, -0.2) is 17.9 Å². The van der Waals surface area contributed by atoms with Crippen LogP contribution in [0.1, 0.15) is 21.9 Å². The zero-order valence-electron chi connectivity index (χ0n) is 19.3. The molecule has 0 atom stereocenters. The minimum absolute atomic E-state index is 0.0135. The van der Waals surface area contributed by atoms with Crippen molar-refractivity contribution in [2.75, 3.05) is 12.4 Å². The number of ether oxygens (including phenoxy) is 3. The van der Waals surface area contributed by atoms with E-state index in [4.69, 9.17) is 30.2 Å². The summed E-state index contributed by atoms with van der Waals surface area (Å²) >= 11 is 6.02. The van der Waals surface area contributed by atoms with Crippen molar-refractivity contribution in [2.24, 2.45) is 0 Å². The fourth-order valence-corrected chi connectivity index (χ4v) is 3.40. The molecule has 0 fully saturated rings. The number of hydrogen-bond acceptors (Lipinski definition) is 7. The quantitative estimate of drug-likeness (QED) is 0.196. The van der Waals surface area contributed by atoms with Crippen LogP contribution in [0.15, 0.2) is 77.2 Å². The minimum Gasteiger partial charge on any atom is -0.493 e. The lowest BCUT2D eigenvalue weighted by molar-refractivity contribution is -0.384. The van der Waals surface area contributed by atoms with Crippen molar-refractivity contribution >= 4 is 28.9 Å². The normalized spacial score (nSPS) is 10.5. The molecule has 4 aromatic rings. The number of amides is 1. The maximum absolute atomic E-state index is 12.7. The molecule has 0 radical (unpaired) electrons. The highest BCUT2D eigenvalue weighted by Gasteiger charge is 2.17. The Balaban J connectivity index is 1.47. The smallest absolute Gasteiger partial charge is 0.291 e. The van der Waals surface area contributed by atoms with Crippen LogP contribution in [0.4, 0.5) is 11.4 Å². The molecule has 0 saturated heterocycles. The van der Waals surface area contributed by atoms with Gasteiger partial charge in [-0.3, -0.25) is 14.9 Å². The third-order valence-corrected chi connectivity index (χ3v) is 5.48. The molecule has 0 aliphatic rings. The van der Waals surface area contributed by atoms with Gasteiger partial charge in [0.05, 0.1) is 23.8 Å². The summed E-state index contributed by atoms with van der Waals surface area (Å²) in [7, 11) is 1.49. The van der Waals surface area contributed by atoms with Crippen molar-refractivity contribution in [1.82, 2.24) is 0 Å². The summed E-state index contributed by atoms with van der Waals surface area (Å²) in [5.74, 6) is 1.42. The van der Waals surface area contributed by atoms with Gasteiger partial charge in [0.25, 0.3) is 11.6 Å². The number of aryl methyl sites for hydroxylation is 1. The number of halogens is 1. The molecule has 3 aromatic carbocycles. The summed E-state index contributed by atoms with van der Waals surface area (Å²) < 4.78 is 22.3. The number of hydrogen-bond donors (Lipinski definition) is 1. The van der Waals surface area contributed by atoms with Gasteiger partial charge < -0.3 is 23.9 Å². The number of nitro benzene ring substituents is 1. The van der Waals surface area contributed by atoms with Crippen molar-refractivity contribution in [3.63, 3.8) is 0 Å². The summed E-state index contributed by atoms with van der Waals surface area (Å²) in [5, 5.41) is 14.7. The number of nitro groups is 1. The summed E-state index contributed by atoms with van der Waals surface area (Å²) in [4.78, 5) is 23.6. The predicted octanol–water partition coefficient (Wildman–Crippen LogP) is 6.78. The Morgan fingerprint density at radius 3 is 2.53 bits per heavy atom. The number of furan rings is 1. The summed E-state index contributed by atoms with van der Waals surface area (Å²) in [6.45, 7) is 1.97. The molecule has 1 aromatic heterocycles. The topological polar surface area (TPSA) is 113 Å². The molecule has 36 heavy (non-hydrogen) atoms. The Kier molecular flexibility index (Phi) is 7.41. The molecular formula is C26H21ClN2O7. The van der Waals surface area contributed by atoms with Crippen molar-refractivity contribution in [2.45, 2.75) is 13.5 Å². The van der Waals surface area contributed by atoms with Crippen LogP contribution in [0.3, 0.4) is 0 Å². The van der Waals surface area contributed by atoms with Crippen LogP contribution in [0.5, 0.6) is 23.0 Å². The number of carbonyl (C=O) groups is 1. The van der Waals surface area contributed by atoms with Gasteiger partial charge in [-0.25, -0.2) is 0 Å². The van der Waals surface area contributed by atoms with Crippen LogP contribution in [0.2, 0.25) is 5.02 Å². The van der Waals surface area contributed by atoms with Gasteiger partial charge in [-0.1, -0.05) is 23.7 Å². The summed E-state index contributed by atoms with van der Waals surface area (Å²) in [6, 6.07) is 19.2. The van der Waals surface area contributed by atoms with Crippen molar-refractivity contribution in [1.29, 1.82) is 0 Å². The molecule has 1 heterocycles. The number of methoxy groups -OCH3 is 1. The third kappa shape index (κ3) is 5.94. The average Bonchev–Trinajstić information content (AvgIpc) is 3.34. The monoisotopic (exact) mass is 508 g/mol. The highest BCUT2D eigenvalue weighted by molar-refractivity contribution is 6.31. The second kappa shape index (κ2) is 10.8. The van der Waals surface area contributed by atoms with E-state index in [9.17, 15) is 14.9 Å². The van der Waals surface area contributed by atoms with Gasteiger partial charge >= 0.3 is 0 Å². The molecule has 0 saturated carbocycles. The highest BCUT2D eigenvalue weighted by Crippen LogP contribution is 2.34. The van der Waals surface area contributed by atoms with Crippen molar-refractivity contribution in [3.05, 3.63) is 105 Å². The van der Waals surface area contributed by atoms with E-state index in [0.29, 0.717) is 28.0 Å². The number of non-ortho nitro benzene ring substituents is 1. The highest BCUT2D eigenvalue weighted by atomic mass is 35.5. The maximum atomic E-state index is 12.7. The first-order chi connectivity index (χ1) is 17.3. The van der Waals surface area contributed by atoms with E-state index in [0.717, 1.165) is 5.56 Å². The lowest BCUT2D eigenvalue weighted by Crippen LogP contribution is -2.11. The van der Waals surface area contributed by atoms with Crippen molar-refractivity contribution < 1.29 is 28.3 Å². The van der Waals surface area contributed by atoms with E-state index in [1.54, 1.807) is 48.5 Å². The van der Waals surface area contributed by atoms with Crippen LogP contribution in [0.25, 0.3) is 0 Å². The predicted molar refractivity (Wildman–Crippen MR) is 133 cm³/mol. The SMILES string of the molecule is COc1ccccc1Oc1cc(NC(=O)c2ccc(COc3ccc(Cl)c(C)c3)o2)cc([N+](=O)[O-])c1. The van der Waals surface area contributed by atoms with Gasteiger partial charge in [0.2, 0.25) is 0 Å². The van der Waals surface area contributed by atoms with Crippen LogP contribution in [-0.2, 0) is 6.61 Å². The molecule has 1 N–H and O–H groups in total. The largest absolute Gasteiger partial charge is 0.493 e. The van der Waals surface area contributed by atoms with E-state index in [2.05, 4.69) is 5.32 Å². The molecule has 0 bridgehead atoms. The molecule has 0 aliphatic carbocycles. The Bertz CT molecular complexity index is 1420. The Hall–Kier alpha value is -4.50. The standard InChI is InChI=1S/C26H21ClN2O7/c1-16-11-19(7-9-22(16)27)34-15-20-8-10-25(35-20)26(30)28-17-12-18(29(31)32)14-21(13-17)36-24-6-4-3-5-23(24)33-2/h3-14H,15H2,1-2H3,(H,28,30). The summed E-state index contributed by atoms with van der Waals surface area (Å²) in [5.41, 5.74) is 0.772. The van der Waals surface area contributed by atoms with E-state index in [-0.39, 0.29) is 29.5 Å². The Labute approximate surface area is 211 Å². The van der Waals surface area contributed by atoms with Gasteiger partial charge in [-0.15, -0.1) is 0 Å². The molecule has 0 aliphatic heterocycles. The molecule has 1 amide bonds. The molecule has 9 nitrogen and oxygen atoms in total. The molecule has 0 unspecified atom stereocenters. The van der Waals surface area contributed by atoms with Gasteiger partial charge in [-0.05, 0) is 55.0 Å². The van der Waals surface area contributed by atoms with Crippen molar-refractivity contribution in [3.8, 4) is 23.0 Å². The number of nitrogens with zero attached hydrogens (tertiary/aromatic N) is 1. The number of rotatable bonds is 9. The molecular weight excluding hydrogens is 488 g/mol. The minimum atomic E-state index is -0.590. The number of carbonyl (C=O) groups excluding carboxylic acids is 1. The second-order valence-corrected chi connectivity index (χ2v) is 8.05. The van der Waals surface area contributed by atoms with Crippen LogP contribution in [0, 0.1) is 17.0 Å². The lowest BCUT2D eigenvalue weighted by atomic mass is 10.2. The summed E-state index contributed by atoms with van der Waals surface area (Å²) in [6.07, 6.45) is 0. The Morgan fingerprint density at radius 1 is 1.03 bits per heavy atom. The van der Waals surface area contributed by atoms with Gasteiger partial charge in [0, 0.05) is 17.2 Å². The number of para-hydroxylation sites is 2. The number of nitrogens with one attached hydrogen (secondary N) is 1. The maximum Gasteiger partial charge on any atom is 0.291 e. The number of benzene rings is 3. The first-order valence-electron chi connectivity index (χ1n) is 10.7. The second-order valence-electron chi connectivity index (χ2n) is 7.65. The molecule has 10 heteroatoms. The van der Waals surface area contributed by atoms with E-state index in [1.807, 2.05) is 6.92 Å². The fourth-order valence-electron chi connectivity index (χ4n) is 3.28. The average molecular weight is 509 g/mol. The zero-order valence-corrected chi connectivity index (χ0v) is 20.1. The van der Waals surface area contributed by atoms with Gasteiger partial charge in [0.15, 0.2) is 17.3 Å². The van der Waals surface area contributed by atoms with E-state index >= 15 is 0 Å². The van der Waals surface area contributed by atoms with Gasteiger partial charge in [-0.2, -0.15) is 0 Å². The molecule has 4 rings (SSSR count). The van der Waals surface area contributed by atoms with E-state index < -0.39 is 10.8 Å². The van der Waals surface area contributed by atoms with Crippen LogP contribution < -0.4 is 19.5 Å². The first kappa shape index (κ1) is 24.6. The first-order valence-corrected chi connectivity index (χ1v) is 11.1. The van der Waals surface area contributed by atoms with Gasteiger partial charge in [0.1, 0.15) is 23.9 Å². The molecule has 0 spiro atoms. The Morgan fingerprint density at radius 2 is 1.81 bits per heavy atom. The molecule has 184 valence electrons. The zero-order chi connectivity index (χ0) is 25.7. The van der Waals surface area contributed by atoms with Crippen LogP contribution >= 0.6 is 11.6 Å². The van der Waals surface area contributed by atoms with E-state index in [1.165, 1.54) is 31.4 Å². The lowest BCUT2D eigenvalue weighted by Gasteiger charge is -2.11.